The molecule has 0 unspecified atom stereocenters. The van der Waals surface area contributed by atoms with E-state index >= 15 is 0 Å². The van der Waals surface area contributed by atoms with E-state index in [1.165, 1.54) is 12.1 Å². The molecule has 0 aliphatic heterocycles. The van der Waals surface area contributed by atoms with Gasteiger partial charge in [-0.05, 0) is 29.2 Å². The van der Waals surface area contributed by atoms with Gasteiger partial charge in [0.1, 0.15) is 5.75 Å². The van der Waals surface area contributed by atoms with Crippen molar-refractivity contribution in [2.45, 2.75) is 26.2 Å². The Bertz CT molecular complexity index is 675. The lowest BCUT2D eigenvalue weighted by molar-refractivity contribution is 0.102. The molecule has 0 bridgehead atoms. The quantitative estimate of drug-likeness (QED) is 0.797. The molecule has 1 amide bonds. The highest BCUT2D eigenvalue weighted by Crippen LogP contribution is 2.29. The molecular formula is C17H18ClNO2. The maximum absolute atomic E-state index is 12.5. The Hall–Kier alpha value is -2.00. The summed E-state index contributed by atoms with van der Waals surface area (Å²) in [5.41, 5.74) is 1.93. The van der Waals surface area contributed by atoms with Crippen LogP contribution in [0.1, 0.15) is 36.7 Å². The van der Waals surface area contributed by atoms with Gasteiger partial charge in [0.05, 0.1) is 10.7 Å². The van der Waals surface area contributed by atoms with Gasteiger partial charge in [-0.1, -0.05) is 50.6 Å². The number of halogens is 1. The molecule has 0 heterocycles. The van der Waals surface area contributed by atoms with Gasteiger partial charge in [0.15, 0.2) is 0 Å². The molecule has 0 radical (unpaired) electrons. The third-order valence-electron chi connectivity index (χ3n) is 3.18. The van der Waals surface area contributed by atoms with Crippen molar-refractivity contribution in [1.82, 2.24) is 0 Å². The van der Waals surface area contributed by atoms with Crippen LogP contribution in [-0.2, 0) is 5.41 Å². The van der Waals surface area contributed by atoms with E-state index < -0.39 is 0 Å². The number of hydrogen-bond acceptors (Lipinski definition) is 2. The number of carbonyl (C=O) groups excluding carboxylic acids is 1. The number of anilines is 1. The van der Waals surface area contributed by atoms with Gasteiger partial charge in [0.2, 0.25) is 0 Å². The summed E-state index contributed by atoms with van der Waals surface area (Å²) in [5, 5.41) is 12.4. The SMILES string of the molecule is CC(C)(C)c1ccccc1C(=O)Nc1ccc(O)cc1Cl. The first-order valence-electron chi connectivity index (χ1n) is 6.68. The molecule has 4 heteroatoms. The van der Waals surface area contributed by atoms with Crippen molar-refractivity contribution in [3.8, 4) is 5.75 Å². The first-order chi connectivity index (χ1) is 9.79. The summed E-state index contributed by atoms with van der Waals surface area (Å²) in [4.78, 5) is 12.5. The normalized spacial score (nSPS) is 11.2. The van der Waals surface area contributed by atoms with E-state index in [1.54, 1.807) is 12.1 Å². The zero-order valence-corrected chi connectivity index (χ0v) is 13.0. The number of aromatic hydroxyl groups is 1. The summed E-state index contributed by atoms with van der Waals surface area (Å²) in [5.74, 6) is -0.152. The number of benzene rings is 2. The third kappa shape index (κ3) is 3.56. The number of phenols is 1. The van der Waals surface area contributed by atoms with E-state index in [9.17, 15) is 9.90 Å². The zero-order chi connectivity index (χ0) is 15.6. The van der Waals surface area contributed by atoms with Crippen molar-refractivity contribution in [2.24, 2.45) is 0 Å². The molecule has 0 aromatic heterocycles. The average molecular weight is 304 g/mol. The summed E-state index contributed by atoms with van der Waals surface area (Å²) in [6, 6.07) is 12.0. The van der Waals surface area contributed by atoms with Crippen molar-refractivity contribution in [3.05, 3.63) is 58.6 Å². The Morgan fingerprint density at radius 2 is 1.81 bits per heavy atom. The molecule has 0 aliphatic rings. The number of carbonyl (C=O) groups is 1. The second-order valence-corrected chi connectivity index (χ2v) is 6.32. The van der Waals surface area contributed by atoms with E-state index in [1.807, 2.05) is 18.2 Å². The molecule has 2 aromatic carbocycles. The highest BCUT2D eigenvalue weighted by Gasteiger charge is 2.21. The Balaban J connectivity index is 2.33. The molecule has 0 saturated carbocycles. The number of hydrogen-bond donors (Lipinski definition) is 2. The second-order valence-electron chi connectivity index (χ2n) is 5.91. The van der Waals surface area contributed by atoms with Crippen molar-refractivity contribution in [1.29, 1.82) is 0 Å². The van der Waals surface area contributed by atoms with Crippen LogP contribution < -0.4 is 5.32 Å². The Morgan fingerprint density at radius 3 is 2.43 bits per heavy atom. The van der Waals surface area contributed by atoms with Crippen LogP contribution in [0.15, 0.2) is 42.5 Å². The van der Waals surface area contributed by atoms with Crippen molar-refractivity contribution in [2.75, 3.05) is 5.32 Å². The molecule has 110 valence electrons. The van der Waals surface area contributed by atoms with Gasteiger partial charge in [-0.15, -0.1) is 0 Å². The first-order valence-corrected chi connectivity index (χ1v) is 7.06. The average Bonchev–Trinajstić information content (AvgIpc) is 2.41. The predicted octanol–water partition coefficient (Wildman–Crippen LogP) is 4.60. The third-order valence-corrected chi connectivity index (χ3v) is 3.49. The molecule has 2 rings (SSSR count). The molecule has 2 N–H and O–H groups in total. The summed E-state index contributed by atoms with van der Waals surface area (Å²) in [6.45, 7) is 6.19. The summed E-state index contributed by atoms with van der Waals surface area (Å²) in [6.07, 6.45) is 0. The minimum Gasteiger partial charge on any atom is -0.508 e. The van der Waals surface area contributed by atoms with E-state index in [0.717, 1.165) is 5.56 Å². The van der Waals surface area contributed by atoms with Crippen LogP contribution in [0.25, 0.3) is 0 Å². The molecule has 0 fully saturated rings. The monoisotopic (exact) mass is 303 g/mol. The zero-order valence-electron chi connectivity index (χ0n) is 12.3. The van der Waals surface area contributed by atoms with Crippen molar-refractivity contribution in [3.63, 3.8) is 0 Å². The lowest BCUT2D eigenvalue weighted by atomic mass is 9.83. The topological polar surface area (TPSA) is 49.3 Å². The first kappa shape index (κ1) is 15.4. The van der Waals surface area contributed by atoms with Gasteiger partial charge in [-0.3, -0.25) is 4.79 Å². The molecule has 0 spiro atoms. The van der Waals surface area contributed by atoms with Gasteiger partial charge in [-0.25, -0.2) is 0 Å². The molecular weight excluding hydrogens is 286 g/mol. The number of amides is 1. The second kappa shape index (κ2) is 5.78. The molecule has 0 aliphatic carbocycles. The highest BCUT2D eigenvalue weighted by atomic mass is 35.5. The van der Waals surface area contributed by atoms with E-state index in [-0.39, 0.29) is 17.1 Å². The van der Waals surface area contributed by atoms with Gasteiger partial charge in [0, 0.05) is 11.6 Å². The molecule has 21 heavy (non-hydrogen) atoms. The fourth-order valence-electron chi connectivity index (χ4n) is 2.13. The maximum atomic E-state index is 12.5. The van der Waals surface area contributed by atoms with Crippen LogP contribution in [0.4, 0.5) is 5.69 Å². The smallest absolute Gasteiger partial charge is 0.256 e. The van der Waals surface area contributed by atoms with E-state index in [2.05, 4.69) is 26.1 Å². The standard InChI is InChI=1S/C17H18ClNO2/c1-17(2,3)13-7-5-4-6-12(13)16(21)19-15-9-8-11(20)10-14(15)18/h4-10,20H,1-3H3,(H,19,21). The Labute approximate surface area is 129 Å². The van der Waals surface area contributed by atoms with Crippen molar-refractivity contribution >= 4 is 23.2 Å². The molecule has 0 atom stereocenters. The number of rotatable bonds is 2. The molecule has 0 saturated heterocycles. The van der Waals surface area contributed by atoms with Crippen LogP contribution in [0.5, 0.6) is 5.75 Å². The van der Waals surface area contributed by atoms with Crippen LogP contribution in [-0.4, -0.2) is 11.0 Å². The summed E-state index contributed by atoms with van der Waals surface area (Å²) in [7, 11) is 0. The molecule has 3 nitrogen and oxygen atoms in total. The lowest BCUT2D eigenvalue weighted by Gasteiger charge is -2.22. The van der Waals surface area contributed by atoms with Crippen LogP contribution >= 0.6 is 11.6 Å². The van der Waals surface area contributed by atoms with Gasteiger partial charge in [0.25, 0.3) is 5.91 Å². The van der Waals surface area contributed by atoms with E-state index in [0.29, 0.717) is 16.3 Å². The van der Waals surface area contributed by atoms with Crippen molar-refractivity contribution < 1.29 is 9.90 Å². The summed E-state index contributed by atoms with van der Waals surface area (Å²) >= 11 is 6.02. The van der Waals surface area contributed by atoms with E-state index in [4.69, 9.17) is 11.6 Å². The maximum Gasteiger partial charge on any atom is 0.256 e. The Kier molecular flexibility index (Phi) is 4.24. The predicted molar refractivity (Wildman–Crippen MR) is 86.2 cm³/mol. The molecule has 2 aromatic rings. The van der Waals surface area contributed by atoms with Crippen LogP contribution in [0.3, 0.4) is 0 Å². The largest absolute Gasteiger partial charge is 0.508 e. The minimum atomic E-state index is -0.215. The highest BCUT2D eigenvalue weighted by molar-refractivity contribution is 6.34. The van der Waals surface area contributed by atoms with Gasteiger partial charge >= 0.3 is 0 Å². The minimum absolute atomic E-state index is 0.0630. The lowest BCUT2D eigenvalue weighted by Crippen LogP contribution is -2.21. The summed E-state index contributed by atoms with van der Waals surface area (Å²) < 4.78 is 0. The van der Waals surface area contributed by atoms with Gasteiger partial charge in [-0.2, -0.15) is 0 Å². The Morgan fingerprint density at radius 1 is 1.14 bits per heavy atom. The van der Waals surface area contributed by atoms with Gasteiger partial charge < -0.3 is 10.4 Å². The fraction of sp³-hybridized carbons (Fsp3) is 0.235. The van der Waals surface area contributed by atoms with Crippen LogP contribution in [0.2, 0.25) is 5.02 Å². The number of nitrogens with one attached hydrogen (secondary N) is 1. The fourth-order valence-corrected chi connectivity index (χ4v) is 2.35. The number of phenolic OH excluding ortho intramolecular Hbond substituents is 1. The van der Waals surface area contributed by atoms with Crippen LogP contribution in [0, 0.1) is 0 Å².